The van der Waals surface area contributed by atoms with Gasteiger partial charge in [0, 0.05) is 5.69 Å². The fourth-order valence-electron chi connectivity index (χ4n) is 2.30. The molecule has 0 saturated carbocycles. The predicted molar refractivity (Wildman–Crippen MR) is 97.2 cm³/mol. The van der Waals surface area contributed by atoms with E-state index in [1.807, 2.05) is 0 Å². The maximum Gasteiger partial charge on any atom is 0.416 e. The SMILES string of the molecule is CCOC(=O)c1ccccc1NC(=O)COC(=O)c1ccc(C(F)(F)F)cc1N. The van der Waals surface area contributed by atoms with E-state index in [-0.39, 0.29) is 23.4 Å². The molecule has 0 radical (unpaired) electrons. The summed E-state index contributed by atoms with van der Waals surface area (Å²) in [6.45, 7) is 1.04. The Kier molecular flexibility index (Phi) is 6.81. The molecule has 154 valence electrons. The number of nitrogens with two attached hydrogens (primary N) is 1. The summed E-state index contributed by atoms with van der Waals surface area (Å²) in [7, 11) is 0. The number of nitrogens with one attached hydrogen (secondary N) is 1. The molecule has 29 heavy (non-hydrogen) atoms. The average molecular weight is 410 g/mol. The zero-order valence-corrected chi connectivity index (χ0v) is 15.2. The zero-order valence-electron chi connectivity index (χ0n) is 15.2. The van der Waals surface area contributed by atoms with Crippen molar-refractivity contribution in [1.29, 1.82) is 0 Å². The van der Waals surface area contributed by atoms with E-state index in [1.165, 1.54) is 12.1 Å². The summed E-state index contributed by atoms with van der Waals surface area (Å²) >= 11 is 0. The topological polar surface area (TPSA) is 108 Å². The number of benzene rings is 2. The van der Waals surface area contributed by atoms with Gasteiger partial charge in [0.25, 0.3) is 5.91 Å². The van der Waals surface area contributed by atoms with Crippen molar-refractivity contribution in [2.45, 2.75) is 13.1 Å². The molecule has 0 fully saturated rings. The second-order valence-corrected chi connectivity index (χ2v) is 5.69. The molecular weight excluding hydrogens is 393 g/mol. The average Bonchev–Trinajstić information content (AvgIpc) is 2.66. The molecular formula is C19H17F3N2O5. The second kappa shape index (κ2) is 9.09. The minimum absolute atomic E-state index is 0.112. The lowest BCUT2D eigenvalue weighted by Crippen LogP contribution is -2.23. The van der Waals surface area contributed by atoms with Gasteiger partial charge in [-0.05, 0) is 37.3 Å². The van der Waals surface area contributed by atoms with Crippen molar-refractivity contribution in [3.8, 4) is 0 Å². The van der Waals surface area contributed by atoms with Gasteiger partial charge in [0.1, 0.15) is 0 Å². The van der Waals surface area contributed by atoms with E-state index in [0.717, 1.165) is 6.07 Å². The Morgan fingerprint density at radius 3 is 2.28 bits per heavy atom. The lowest BCUT2D eigenvalue weighted by molar-refractivity contribution is -0.137. The van der Waals surface area contributed by atoms with Crippen molar-refractivity contribution in [3.05, 3.63) is 59.2 Å². The normalized spacial score (nSPS) is 10.9. The number of ether oxygens (including phenoxy) is 2. The molecule has 0 atom stereocenters. The molecule has 10 heteroatoms. The van der Waals surface area contributed by atoms with Gasteiger partial charge in [-0.1, -0.05) is 12.1 Å². The lowest BCUT2D eigenvalue weighted by Gasteiger charge is -2.12. The summed E-state index contributed by atoms with van der Waals surface area (Å²) in [5.41, 5.74) is 3.99. The van der Waals surface area contributed by atoms with Gasteiger partial charge in [0.2, 0.25) is 0 Å². The van der Waals surface area contributed by atoms with Crippen LogP contribution in [0.1, 0.15) is 33.2 Å². The third-order valence-corrected chi connectivity index (χ3v) is 3.63. The van der Waals surface area contributed by atoms with E-state index in [0.29, 0.717) is 12.1 Å². The van der Waals surface area contributed by atoms with E-state index < -0.39 is 41.9 Å². The van der Waals surface area contributed by atoms with Gasteiger partial charge in [0.15, 0.2) is 6.61 Å². The maximum absolute atomic E-state index is 12.6. The van der Waals surface area contributed by atoms with Crippen molar-refractivity contribution >= 4 is 29.2 Å². The quantitative estimate of drug-likeness (QED) is 0.559. The van der Waals surface area contributed by atoms with Crippen LogP contribution in [0.4, 0.5) is 24.5 Å². The molecule has 0 saturated heterocycles. The van der Waals surface area contributed by atoms with Crippen LogP contribution >= 0.6 is 0 Å². The van der Waals surface area contributed by atoms with Crippen molar-refractivity contribution < 1.29 is 37.0 Å². The minimum Gasteiger partial charge on any atom is -0.462 e. The van der Waals surface area contributed by atoms with Crippen molar-refractivity contribution in [3.63, 3.8) is 0 Å². The maximum atomic E-state index is 12.6. The molecule has 0 aliphatic heterocycles. The van der Waals surface area contributed by atoms with Gasteiger partial charge in [-0.2, -0.15) is 13.2 Å². The minimum atomic E-state index is -4.61. The number of hydrogen-bond acceptors (Lipinski definition) is 6. The van der Waals surface area contributed by atoms with Crippen LogP contribution in [0.5, 0.6) is 0 Å². The largest absolute Gasteiger partial charge is 0.462 e. The van der Waals surface area contributed by atoms with Gasteiger partial charge in [-0.15, -0.1) is 0 Å². The standard InChI is InChI=1S/C19H17F3N2O5/c1-2-28-18(27)13-5-3-4-6-15(13)24-16(25)10-29-17(26)12-8-7-11(9-14(12)23)19(20,21)22/h3-9H,2,10,23H2,1H3,(H,24,25). The molecule has 0 aromatic heterocycles. The number of esters is 2. The highest BCUT2D eigenvalue weighted by Gasteiger charge is 2.31. The van der Waals surface area contributed by atoms with E-state index >= 15 is 0 Å². The third kappa shape index (κ3) is 5.71. The summed E-state index contributed by atoms with van der Waals surface area (Å²) in [6.07, 6.45) is -4.61. The van der Waals surface area contributed by atoms with E-state index in [1.54, 1.807) is 19.1 Å². The molecule has 7 nitrogen and oxygen atoms in total. The monoisotopic (exact) mass is 410 g/mol. The molecule has 0 aliphatic rings. The fourth-order valence-corrected chi connectivity index (χ4v) is 2.30. The highest BCUT2D eigenvalue weighted by atomic mass is 19.4. The molecule has 2 aromatic carbocycles. The summed E-state index contributed by atoms with van der Waals surface area (Å²) in [4.78, 5) is 35.9. The number of alkyl halides is 3. The first-order valence-electron chi connectivity index (χ1n) is 8.33. The third-order valence-electron chi connectivity index (χ3n) is 3.63. The number of amides is 1. The number of halogens is 3. The first-order valence-corrected chi connectivity index (χ1v) is 8.33. The Labute approximate surface area is 163 Å². The van der Waals surface area contributed by atoms with Crippen molar-refractivity contribution in [1.82, 2.24) is 0 Å². The Balaban J connectivity index is 2.02. The number of rotatable bonds is 6. The van der Waals surface area contributed by atoms with Crippen LogP contribution in [0.15, 0.2) is 42.5 Å². The van der Waals surface area contributed by atoms with Crippen LogP contribution in [0.3, 0.4) is 0 Å². The number of nitrogen functional groups attached to an aromatic ring is 1. The molecule has 0 unspecified atom stereocenters. The summed E-state index contributed by atoms with van der Waals surface area (Å²) in [5.74, 6) is -2.47. The summed E-state index contributed by atoms with van der Waals surface area (Å²) in [5, 5.41) is 2.40. The molecule has 2 rings (SSSR count). The molecule has 0 aliphatic carbocycles. The molecule has 2 aromatic rings. The Bertz CT molecular complexity index is 928. The smallest absolute Gasteiger partial charge is 0.416 e. The number of para-hydroxylation sites is 1. The Morgan fingerprint density at radius 1 is 1.00 bits per heavy atom. The van der Waals surface area contributed by atoms with Crippen LogP contribution in [0.2, 0.25) is 0 Å². The van der Waals surface area contributed by atoms with E-state index in [2.05, 4.69) is 5.32 Å². The van der Waals surface area contributed by atoms with Gasteiger partial charge in [0.05, 0.1) is 29.0 Å². The first kappa shape index (κ1) is 21.7. The van der Waals surface area contributed by atoms with Gasteiger partial charge >= 0.3 is 18.1 Å². The van der Waals surface area contributed by atoms with Crippen molar-refractivity contribution in [2.24, 2.45) is 0 Å². The van der Waals surface area contributed by atoms with Crippen molar-refractivity contribution in [2.75, 3.05) is 24.3 Å². The molecule has 0 heterocycles. The Hall–Kier alpha value is -3.56. The van der Waals surface area contributed by atoms with Crippen LogP contribution in [-0.4, -0.2) is 31.1 Å². The highest BCUT2D eigenvalue weighted by molar-refractivity contribution is 6.02. The summed E-state index contributed by atoms with van der Waals surface area (Å²) in [6, 6.07) is 8.22. The van der Waals surface area contributed by atoms with E-state index in [9.17, 15) is 27.6 Å². The Morgan fingerprint density at radius 2 is 1.66 bits per heavy atom. The molecule has 0 spiro atoms. The van der Waals surface area contributed by atoms with Crippen LogP contribution in [-0.2, 0) is 20.4 Å². The number of hydrogen-bond donors (Lipinski definition) is 2. The van der Waals surface area contributed by atoms with Gasteiger partial charge < -0.3 is 20.5 Å². The van der Waals surface area contributed by atoms with Crippen LogP contribution in [0, 0.1) is 0 Å². The molecule has 3 N–H and O–H groups in total. The molecule has 1 amide bonds. The van der Waals surface area contributed by atoms with Gasteiger partial charge in [-0.3, -0.25) is 4.79 Å². The second-order valence-electron chi connectivity index (χ2n) is 5.69. The van der Waals surface area contributed by atoms with Gasteiger partial charge in [-0.25, -0.2) is 9.59 Å². The highest BCUT2D eigenvalue weighted by Crippen LogP contribution is 2.31. The molecule has 0 bridgehead atoms. The lowest BCUT2D eigenvalue weighted by atomic mass is 10.1. The zero-order chi connectivity index (χ0) is 21.6. The predicted octanol–water partition coefficient (Wildman–Crippen LogP) is 3.26. The van der Waals surface area contributed by atoms with E-state index in [4.69, 9.17) is 15.2 Å². The fraction of sp³-hybridized carbons (Fsp3) is 0.211. The number of anilines is 2. The summed E-state index contributed by atoms with van der Waals surface area (Å²) < 4.78 is 47.6. The van der Waals surface area contributed by atoms with Crippen LogP contribution in [0.25, 0.3) is 0 Å². The van der Waals surface area contributed by atoms with Crippen LogP contribution < -0.4 is 11.1 Å². The number of carbonyl (C=O) groups excluding carboxylic acids is 3. The first-order chi connectivity index (χ1) is 13.6. The number of carbonyl (C=O) groups is 3.